The molecular weight excluding hydrogens is 378 g/mol. The summed E-state index contributed by atoms with van der Waals surface area (Å²) in [5, 5.41) is 7.83. The van der Waals surface area contributed by atoms with Crippen molar-refractivity contribution in [2.45, 2.75) is 39.2 Å². The van der Waals surface area contributed by atoms with Gasteiger partial charge in [0.2, 0.25) is 0 Å². The number of carbonyl (C=O) groups excluding carboxylic acids is 1. The van der Waals surface area contributed by atoms with Crippen LogP contribution in [0.25, 0.3) is 5.69 Å². The van der Waals surface area contributed by atoms with Gasteiger partial charge < -0.3 is 14.8 Å². The fourth-order valence-electron chi connectivity index (χ4n) is 4.09. The lowest BCUT2D eigenvalue weighted by molar-refractivity contribution is 0.0929. The molecule has 1 atom stereocenters. The minimum atomic E-state index is -0.178. The Morgan fingerprint density at radius 3 is 2.70 bits per heavy atom. The van der Waals surface area contributed by atoms with E-state index in [0.29, 0.717) is 17.1 Å². The number of benzene rings is 2. The van der Waals surface area contributed by atoms with Gasteiger partial charge in [0.05, 0.1) is 37.7 Å². The molecule has 0 radical (unpaired) electrons. The van der Waals surface area contributed by atoms with E-state index >= 15 is 0 Å². The van der Waals surface area contributed by atoms with Gasteiger partial charge in [-0.15, -0.1) is 0 Å². The molecule has 0 aliphatic heterocycles. The monoisotopic (exact) mass is 405 g/mol. The zero-order valence-corrected chi connectivity index (χ0v) is 17.9. The Morgan fingerprint density at radius 2 is 1.97 bits per heavy atom. The van der Waals surface area contributed by atoms with E-state index in [4.69, 9.17) is 9.47 Å². The van der Waals surface area contributed by atoms with Gasteiger partial charge in [0, 0.05) is 11.3 Å². The van der Waals surface area contributed by atoms with Gasteiger partial charge in [-0.2, -0.15) is 5.10 Å². The predicted octanol–water partition coefficient (Wildman–Crippen LogP) is 4.31. The first-order valence-electron chi connectivity index (χ1n) is 10.2. The Morgan fingerprint density at radius 1 is 1.13 bits per heavy atom. The van der Waals surface area contributed by atoms with Crippen molar-refractivity contribution in [3.05, 3.63) is 70.5 Å². The average molecular weight is 405 g/mol. The van der Waals surface area contributed by atoms with Gasteiger partial charge in [0.1, 0.15) is 0 Å². The number of hydrogen-bond donors (Lipinski definition) is 1. The zero-order chi connectivity index (χ0) is 21.3. The fraction of sp³-hybridized carbons (Fsp3) is 0.333. The Labute approximate surface area is 176 Å². The quantitative estimate of drug-likeness (QED) is 0.687. The molecule has 0 spiro atoms. The summed E-state index contributed by atoms with van der Waals surface area (Å²) >= 11 is 0. The van der Waals surface area contributed by atoms with Crippen LogP contribution < -0.4 is 14.8 Å². The number of amides is 1. The molecule has 1 N–H and O–H groups in total. The van der Waals surface area contributed by atoms with Crippen molar-refractivity contribution in [2.75, 3.05) is 14.2 Å². The summed E-state index contributed by atoms with van der Waals surface area (Å²) in [6.07, 6.45) is 4.70. The van der Waals surface area contributed by atoms with E-state index in [9.17, 15) is 4.79 Å². The summed E-state index contributed by atoms with van der Waals surface area (Å²) in [5.74, 6) is 0.805. The normalized spacial score (nSPS) is 15.4. The van der Waals surface area contributed by atoms with Crippen LogP contribution in [0, 0.1) is 13.8 Å². The minimum absolute atomic E-state index is 0.0857. The summed E-state index contributed by atoms with van der Waals surface area (Å²) in [6, 6.07) is 11.6. The number of methoxy groups -OCH3 is 2. The Kier molecular flexibility index (Phi) is 5.48. The molecule has 1 aliphatic rings. The van der Waals surface area contributed by atoms with Crippen molar-refractivity contribution in [3.63, 3.8) is 0 Å². The molecule has 0 bridgehead atoms. The number of aromatic nitrogens is 2. The highest BCUT2D eigenvalue weighted by Crippen LogP contribution is 2.34. The molecule has 0 saturated heterocycles. The summed E-state index contributed by atoms with van der Waals surface area (Å²) in [4.78, 5) is 13.1. The Balaban J connectivity index is 1.63. The van der Waals surface area contributed by atoms with Crippen LogP contribution in [0.5, 0.6) is 11.5 Å². The fourth-order valence-corrected chi connectivity index (χ4v) is 4.09. The van der Waals surface area contributed by atoms with Crippen LogP contribution in [0.2, 0.25) is 0 Å². The second-order valence-corrected chi connectivity index (χ2v) is 7.69. The molecule has 1 amide bonds. The van der Waals surface area contributed by atoms with Gasteiger partial charge in [-0.25, -0.2) is 4.68 Å². The number of carbonyl (C=O) groups is 1. The van der Waals surface area contributed by atoms with Crippen LogP contribution in [0.15, 0.2) is 42.6 Å². The SMILES string of the molecule is COc1cccc(C(=O)N[C@H]2CCCc3c2cnn3-c2ccc(C)c(C)c2)c1OC. The predicted molar refractivity (Wildman–Crippen MR) is 116 cm³/mol. The molecule has 4 rings (SSSR count). The summed E-state index contributed by atoms with van der Waals surface area (Å²) in [7, 11) is 3.11. The maximum Gasteiger partial charge on any atom is 0.255 e. The first-order valence-corrected chi connectivity index (χ1v) is 10.2. The molecule has 1 aliphatic carbocycles. The van der Waals surface area contributed by atoms with E-state index in [0.717, 1.165) is 36.2 Å². The van der Waals surface area contributed by atoms with Gasteiger partial charge in [0.15, 0.2) is 11.5 Å². The zero-order valence-electron chi connectivity index (χ0n) is 17.9. The largest absolute Gasteiger partial charge is 0.493 e. The molecule has 6 heteroatoms. The van der Waals surface area contributed by atoms with Crippen molar-refractivity contribution < 1.29 is 14.3 Å². The number of hydrogen-bond acceptors (Lipinski definition) is 4. The number of ether oxygens (including phenoxy) is 2. The third-order valence-electron chi connectivity index (χ3n) is 5.87. The summed E-state index contributed by atoms with van der Waals surface area (Å²) in [5.41, 5.74) is 6.26. The number of aryl methyl sites for hydroxylation is 2. The highest BCUT2D eigenvalue weighted by atomic mass is 16.5. The topological polar surface area (TPSA) is 65.4 Å². The summed E-state index contributed by atoms with van der Waals surface area (Å²) in [6.45, 7) is 4.22. The van der Waals surface area contributed by atoms with E-state index in [-0.39, 0.29) is 11.9 Å². The average Bonchev–Trinajstić information content (AvgIpc) is 3.20. The van der Waals surface area contributed by atoms with Gasteiger partial charge in [-0.05, 0) is 68.5 Å². The molecule has 3 aromatic rings. The van der Waals surface area contributed by atoms with E-state index < -0.39 is 0 Å². The maximum absolute atomic E-state index is 13.1. The second kappa shape index (κ2) is 8.22. The molecule has 1 aromatic heterocycles. The molecule has 0 unspecified atom stereocenters. The molecule has 0 fully saturated rings. The lowest BCUT2D eigenvalue weighted by atomic mass is 9.92. The molecule has 156 valence electrons. The number of rotatable bonds is 5. The third kappa shape index (κ3) is 3.54. The van der Waals surface area contributed by atoms with Crippen molar-refractivity contribution in [1.82, 2.24) is 15.1 Å². The van der Waals surface area contributed by atoms with Crippen LogP contribution in [0.1, 0.15) is 51.6 Å². The van der Waals surface area contributed by atoms with Crippen molar-refractivity contribution in [3.8, 4) is 17.2 Å². The molecule has 0 saturated carbocycles. The van der Waals surface area contributed by atoms with Gasteiger partial charge in [-0.1, -0.05) is 12.1 Å². The Hall–Kier alpha value is -3.28. The van der Waals surface area contributed by atoms with Gasteiger partial charge in [0.25, 0.3) is 5.91 Å². The highest BCUT2D eigenvalue weighted by molar-refractivity contribution is 5.98. The number of para-hydroxylation sites is 1. The van der Waals surface area contributed by atoms with E-state index in [1.807, 2.05) is 10.9 Å². The Bertz CT molecular complexity index is 1090. The van der Waals surface area contributed by atoms with Crippen LogP contribution in [0.3, 0.4) is 0 Å². The van der Waals surface area contributed by atoms with Gasteiger partial charge >= 0.3 is 0 Å². The van der Waals surface area contributed by atoms with E-state index in [1.54, 1.807) is 32.4 Å². The summed E-state index contributed by atoms with van der Waals surface area (Å²) < 4.78 is 12.8. The molecule has 1 heterocycles. The molecule has 2 aromatic carbocycles. The minimum Gasteiger partial charge on any atom is -0.493 e. The molecule has 6 nitrogen and oxygen atoms in total. The van der Waals surface area contributed by atoms with Crippen LogP contribution in [-0.2, 0) is 6.42 Å². The smallest absolute Gasteiger partial charge is 0.255 e. The number of nitrogens with one attached hydrogen (secondary N) is 1. The first kappa shape index (κ1) is 20.0. The number of fused-ring (bicyclic) bond motifs is 1. The standard InChI is InChI=1S/C24H27N3O3/c1-15-11-12-17(13-16(15)2)27-21-9-6-8-20(19(21)14-25-27)26-24(28)18-7-5-10-22(29-3)23(18)30-4/h5,7,10-14,20H,6,8-9H2,1-4H3,(H,26,28)/t20-/m0/s1. The second-order valence-electron chi connectivity index (χ2n) is 7.69. The van der Waals surface area contributed by atoms with Crippen molar-refractivity contribution in [2.24, 2.45) is 0 Å². The van der Waals surface area contributed by atoms with Crippen LogP contribution >= 0.6 is 0 Å². The maximum atomic E-state index is 13.1. The van der Waals surface area contributed by atoms with Crippen LogP contribution in [-0.4, -0.2) is 29.9 Å². The van der Waals surface area contributed by atoms with Crippen molar-refractivity contribution >= 4 is 5.91 Å². The lowest BCUT2D eigenvalue weighted by Gasteiger charge is -2.25. The van der Waals surface area contributed by atoms with Crippen molar-refractivity contribution in [1.29, 1.82) is 0 Å². The van der Waals surface area contributed by atoms with E-state index in [1.165, 1.54) is 11.1 Å². The third-order valence-corrected chi connectivity index (χ3v) is 5.87. The van der Waals surface area contributed by atoms with Gasteiger partial charge in [-0.3, -0.25) is 4.79 Å². The molecule has 30 heavy (non-hydrogen) atoms. The first-order chi connectivity index (χ1) is 14.5. The van der Waals surface area contributed by atoms with Crippen LogP contribution in [0.4, 0.5) is 0 Å². The highest BCUT2D eigenvalue weighted by Gasteiger charge is 2.27. The van der Waals surface area contributed by atoms with E-state index in [2.05, 4.69) is 42.5 Å². The molecular formula is C24H27N3O3. The lowest BCUT2D eigenvalue weighted by Crippen LogP contribution is -2.31. The number of nitrogens with zero attached hydrogens (tertiary/aromatic N) is 2.